The van der Waals surface area contributed by atoms with Gasteiger partial charge in [0.05, 0.1) is 4.90 Å². The first kappa shape index (κ1) is 19.8. The molecule has 0 aliphatic carbocycles. The van der Waals surface area contributed by atoms with Gasteiger partial charge in [-0.2, -0.15) is 0 Å². The Morgan fingerprint density at radius 3 is 2.32 bits per heavy atom. The van der Waals surface area contributed by atoms with E-state index in [1.807, 2.05) is 0 Å². The Kier molecular flexibility index (Phi) is 5.61. The van der Waals surface area contributed by atoms with E-state index in [1.165, 1.54) is 46.2 Å². The summed E-state index contributed by atoms with van der Waals surface area (Å²) in [6.07, 6.45) is 0. The zero-order chi connectivity index (χ0) is 20.3. The Labute approximate surface area is 161 Å². The first-order chi connectivity index (χ1) is 13.2. The van der Waals surface area contributed by atoms with Gasteiger partial charge < -0.3 is 10.2 Å². The number of carbonyl (C=O) groups is 2. The first-order valence-corrected chi connectivity index (χ1v) is 9.99. The van der Waals surface area contributed by atoms with Gasteiger partial charge in [-0.3, -0.25) is 9.69 Å². The molecule has 3 rings (SSSR count). The predicted octanol–water partition coefficient (Wildman–Crippen LogP) is 1.03. The molecule has 3 amide bonds. The van der Waals surface area contributed by atoms with Gasteiger partial charge >= 0.3 is 6.03 Å². The third-order valence-electron chi connectivity index (χ3n) is 4.31. The Balaban J connectivity index is 1.52. The largest absolute Gasteiger partial charge is 0.350 e. The minimum absolute atomic E-state index is 0.00822. The Bertz CT molecular complexity index is 978. The zero-order valence-corrected chi connectivity index (χ0v) is 15.7. The van der Waals surface area contributed by atoms with Crippen LogP contribution >= 0.6 is 0 Å². The monoisotopic (exact) mass is 406 g/mol. The van der Waals surface area contributed by atoms with E-state index < -0.39 is 10.0 Å². The van der Waals surface area contributed by atoms with Gasteiger partial charge in [0.2, 0.25) is 15.9 Å². The van der Waals surface area contributed by atoms with Crippen molar-refractivity contribution in [2.24, 2.45) is 5.14 Å². The molecule has 0 saturated carbocycles. The third-order valence-corrected chi connectivity index (χ3v) is 5.24. The molecule has 0 atom stereocenters. The van der Waals surface area contributed by atoms with E-state index in [2.05, 4.69) is 5.32 Å². The molecule has 8 nitrogen and oxygen atoms in total. The van der Waals surface area contributed by atoms with E-state index >= 15 is 0 Å². The highest BCUT2D eigenvalue weighted by Crippen LogP contribution is 2.20. The topological polar surface area (TPSA) is 113 Å². The number of nitrogens with zero attached hydrogens (tertiary/aromatic N) is 2. The summed E-state index contributed by atoms with van der Waals surface area (Å²) in [6.45, 7) is 0.874. The summed E-state index contributed by atoms with van der Waals surface area (Å²) in [5.74, 6) is -0.728. The molecular weight excluding hydrogens is 387 g/mol. The maximum absolute atomic E-state index is 13.0. The molecule has 148 valence electrons. The smallest absolute Gasteiger partial charge is 0.325 e. The predicted molar refractivity (Wildman–Crippen MR) is 100 cm³/mol. The summed E-state index contributed by atoms with van der Waals surface area (Å²) in [5.41, 5.74) is 1.27. The first-order valence-electron chi connectivity index (χ1n) is 8.44. The molecule has 0 unspecified atom stereocenters. The fourth-order valence-electron chi connectivity index (χ4n) is 2.82. The molecule has 1 heterocycles. The van der Waals surface area contributed by atoms with E-state index in [4.69, 9.17) is 5.14 Å². The number of halogens is 1. The quantitative estimate of drug-likeness (QED) is 0.746. The van der Waals surface area contributed by atoms with Crippen molar-refractivity contribution >= 4 is 27.6 Å². The highest BCUT2D eigenvalue weighted by atomic mass is 32.2. The van der Waals surface area contributed by atoms with Crippen LogP contribution in [0, 0.1) is 5.82 Å². The molecule has 1 fully saturated rings. The molecule has 0 radical (unpaired) electrons. The number of primary sulfonamides is 1. The number of anilines is 1. The van der Waals surface area contributed by atoms with Gasteiger partial charge in [0, 0.05) is 25.3 Å². The lowest BCUT2D eigenvalue weighted by Crippen LogP contribution is -2.39. The van der Waals surface area contributed by atoms with E-state index in [1.54, 1.807) is 12.1 Å². The second-order valence-electron chi connectivity index (χ2n) is 6.30. The number of hydrogen-bond donors (Lipinski definition) is 2. The number of carbonyl (C=O) groups excluding carboxylic acids is 2. The molecule has 2 aromatic carbocycles. The van der Waals surface area contributed by atoms with Crippen LogP contribution in [0.2, 0.25) is 0 Å². The van der Waals surface area contributed by atoms with Crippen LogP contribution in [0.15, 0.2) is 53.4 Å². The molecule has 3 N–H and O–H groups in total. The number of benzene rings is 2. The van der Waals surface area contributed by atoms with Crippen LogP contribution in [-0.2, 0) is 21.4 Å². The number of nitrogens with two attached hydrogens (primary N) is 1. The van der Waals surface area contributed by atoms with Crippen molar-refractivity contribution in [1.29, 1.82) is 0 Å². The molecular formula is C18H19FN4O4S. The summed E-state index contributed by atoms with van der Waals surface area (Å²) >= 11 is 0. The third kappa shape index (κ3) is 4.65. The molecule has 0 bridgehead atoms. The summed E-state index contributed by atoms with van der Waals surface area (Å²) in [5, 5.41) is 7.72. The number of amides is 3. The Morgan fingerprint density at radius 2 is 1.71 bits per heavy atom. The van der Waals surface area contributed by atoms with Gasteiger partial charge in [0.1, 0.15) is 12.4 Å². The lowest BCUT2D eigenvalue weighted by atomic mass is 10.2. The lowest BCUT2D eigenvalue weighted by Gasteiger charge is -2.18. The number of sulfonamides is 1. The molecule has 2 aromatic rings. The fourth-order valence-corrected chi connectivity index (χ4v) is 3.33. The van der Waals surface area contributed by atoms with Crippen molar-refractivity contribution in [2.75, 3.05) is 24.5 Å². The van der Waals surface area contributed by atoms with Gasteiger partial charge in [-0.25, -0.2) is 22.7 Å². The van der Waals surface area contributed by atoms with E-state index in [-0.39, 0.29) is 35.7 Å². The van der Waals surface area contributed by atoms with Crippen LogP contribution in [0.4, 0.5) is 14.9 Å². The van der Waals surface area contributed by atoms with Crippen molar-refractivity contribution < 1.29 is 22.4 Å². The van der Waals surface area contributed by atoms with Crippen molar-refractivity contribution in [3.05, 3.63) is 59.9 Å². The molecule has 1 aliphatic rings. The van der Waals surface area contributed by atoms with Crippen molar-refractivity contribution in [1.82, 2.24) is 10.2 Å². The summed E-state index contributed by atoms with van der Waals surface area (Å²) in [4.78, 5) is 27.5. The molecule has 10 heteroatoms. The molecule has 1 saturated heterocycles. The average Bonchev–Trinajstić information content (AvgIpc) is 3.01. The molecule has 28 heavy (non-hydrogen) atoms. The Hall–Kier alpha value is -2.98. The van der Waals surface area contributed by atoms with E-state index in [0.717, 1.165) is 0 Å². The SMILES string of the molecule is NS(=O)(=O)c1ccc(CNC(=O)CN2CCN(c3ccc(F)cc3)C2=O)cc1. The summed E-state index contributed by atoms with van der Waals surface area (Å²) < 4.78 is 35.5. The Morgan fingerprint density at radius 1 is 1.07 bits per heavy atom. The van der Waals surface area contributed by atoms with E-state index in [0.29, 0.717) is 24.3 Å². The van der Waals surface area contributed by atoms with Crippen LogP contribution in [0.5, 0.6) is 0 Å². The van der Waals surface area contributed by atoms with Gasteiger partial charge in [-0.15, -0.1) is 0 Å². The number of urea groups is 1. The average molecular weight is 406 g/mol. The van der Waals surface area contributed by atoms with Gasteiger partial charge in [-0.1, -0.05) is 12.1 Å². The van der Waals surface area contributed by atoms with E-state index in [9.17, 15) is 22.4 Å². The van der Waals surface area contributed by atoms with Crippen LogP contribution in [0.1, 0.15) is 5.56 Å². The summed E-state index contributed by atoms with van der Waals surface area (Å²) in [6, 6.07) is 11.1. The molecule has 1 aliphatic heterocycles. The normalized spacial score (nSPS) is 14.4. The van der Waals surface area contributed by atoms with Crippen molar-refractivity contribution in [3.8, 4) is 0 Å². The van der Waals surface area contributed by atoms with Gasteiger partial charge in [0.25, 0.3) is 0 Å². The minimum Gasteiger partial charge on any atom is -0.350 e. The number of hydrogen-bond acceptors (Lipinski definition) is 4. The maximum atomic E-state index is 13.0. The highest BCUT2D eigenvalue weighted by Gasteiger charge is 2.30. The second-order valence-corrected chi connectivity index (χ2v) is 7.86. The van der Waals surface area contributed by atoms with Crippen LogP contribution in [-0.4, -0.2) is 44.9 Å². The van der Waals surface area contributed by atoms with Crippen LogP contribution in [0.3, 0.4) is 0 Å². The van der Waals surface area contributed by atoms with Crippen LogP contribution in [0.25, 0.3) is 0 Å². The molecule has 0 aromatic heterocycles. The second kappa shape index (κ2) is 7.95. The summed E-state index contributed by atoms with van der Waals surface area (Å²) in [7, 11) is -3.76. The molecule has 0 spiro atoms. The van der Waals surface area contributed by atoms with Gasteiger partial charge in [0.15, 0.2) is 0 Å². The number of nitrogens with one attached hydrogen (secondary N) is 1. The lowest BCUT2D eigenvalue weighted by molar-refractivity contribution is -0.121. The van der Waals surface area contributed by atoms with Crippen molar-refractivity contribution in [3.63, 3.8) is 0 Å². The van der Waals surface area contributed by atoms with Crippen molar-refractivity contribution in [2.45, 2.75) is 11.4 Å². The number of rotatable bonds is 6. The minimum atomic E-state index is -3.76. The fraction of sp³-hybridized carbons (Fsp3) is 0.222. The maximum Gasteiger partial charge on any atom is 0.325 e. The van der Waals surface area contributed by atoms with Gasteiger partial charge in [-0.05, 0) is 42.0 Å². The van der Waals surface area contributed by atoms with Crippen LogP contribution < -0.4 is 15.4 Å². The zero-order valence-electron chi connectivity index (χ0n) is 14.8. The standard InChI is InChI=1S/C18H19FN4O4S/c19-14-3-5-15(6-4-14)23-10-9-22(18(23)25)12-17(24)21-11-13-1-7-16(8-2-13)28(20,26)27/h1-8H,9-12H2,(H,21,24)(H2,20,26,27). The highest BCUT2D eigenvalue weighted by molar-refractivity contribution is 7.89.